The zero-order chi connectivity index (χ0) is 19.5. The predicted molar refractivity (Wildman–Crippen MR) is 111 cm³/mol. The summed E-state index contributed by atoms with van der Waals surface area (Å²) in [6.45, 7) is 1.61. The number of para-hydroxylation sites is 1. The van der Waals surface area contributed by atoms with Crippen LogP contribution in [-0.4, -0.2) is 43.3 Å². The third kappa shape index (κ3) is 3.74. The first-order chi connectivity index (χ1) is 13.7. The van der Waals surface area contributed by atoms with E-state index in [0.717, 1.165) is 43.1 Å². The van der Waals surface area contributed by atoms with E-state index in [1.165, 1.54) is 0 Å². The predicted octanol–water partition coefficient (Wildman–Crippen LogP) is 3.02. The molecule has 1 aliphatic heterocycles. The molecule has 1 saturated heterocycles. The Labute approximate surface area is 163 Å². The highest BCUT2D eigenvalue weighted by molar-refractivity contribution is 5.78. The molecule has 3 aromatic rings. The molecule has 0 amide bonds. The van der Waals surface area contributed by atoms with Gasteiger partial charge in [-0.1, -0.05) is 12.1 Å². The maximum atomic E-state index is 12.4. The average molecular weight is 380 g/mol. The Morgan fingerprint density at radius 3 is 2.64 bits per heavy atom. The van der Waals surface area contributed by atoms with Gasteiger partial charge in [0.1, 0.15) is 11.5 Å². The summed E-state index contributed by atoms with van der Waals surface area (Å²) in [7, 11) is 3.28. The van der Waals surface area contributed by atoms with Crippen LogP contribution in [0.2, 0.25) is 0 Å². The summed E-state index contributed by atoms with van der Waals surface area (Å²) in [5.74, 6) is 2.11. The number of H-pyrrole nitrogens is 1. The van der Waals surface area contributed by atoms with Crippen LogP contribution in [0.15, 0.2) is 47.3 Å². The highest BCUT2D eigenvalue weighted by Gasteiger charge is 2.22. The van der Waals surface area contributed by atoms with Gasteiger partial charge in [-0.3, -0.25) is 9.78 Å². The van der Waals surface area contributed by atoms with Crippen molar-refractivity contribution in [3.8, 4) is 11.5 Å². The van der Waals surface area contributed by atoms with Crippen molar-refractivity contribution in [2.24, 2.45) is 0 Å². The van der Waals surface area contributed by atoms with Crippen molar-refractivity contribution in [2.75, 3.05) is 37.5 Å². The van der Waals surface area contributed by atoms with Crippen LogP contribution in [0.5, 0.6) is 11.5 Å². The summed E-state index contributed by atoms with van der Waals surface area (Å²) < 4.78 is 10.7. The number of aromatic nitrogens is 2. The molecule has 2 aromatic carbocycles. The Morgan fingerprint density at radius 1 is 1.14 bits per heavy atom. The summed E-state index contributed by atoms with van der Waals surface area (Å²) in [4.78, 5) is 22.1. The van der Waals surface area contributed by atoms with Crippen molar-refractivity contribution in [1.82, 2.24) is 9.97 Å². The average Bonchev–Trinajstić information content (AvgIpc) is 2.73. The van der Waals surface area contributed by atoms with Crippen LogP contribution in [0, 0.1) is 0 Å². The van der Waals surface area contributed by atoms with Gasteiger partial charge in [0.2, 0.25) is 5.95 Å². The lowest BCUT2D eigenvalue weighted by Crippen LogP contribution is -2.43. The molecule has 0 saturated carbocycles. The molecule has 1 aromatic heterocycles. The third-order valence-corrected chi connectivity index (χ3v) is 5.04. The van der Waals surface area contributed by atoms with Crippen molar-refractivity contribution in [2.45, 2.75) is 18.9 Å². The Kier molecular flexibility index (Phi) is 5.06. The van der Waals surface area contributed by atoms with Crippen LogP contribution in [0.4, 0.5) is 11.6 Å². The number of benzene rings is 2. The SMILES string of the molecule is COc1cc(NC2CCCN(c3nc4ccccc4c(=O)[nH]3)C2)cc(OC)c1. The number of nitrogens with one attached hydrogen (secondary N) is 2. The van der Waals surface area contributed by atoms with E-state index in [4.69, 9.17) is 9.47 Å². The molecule has 146 valence electrons. The maximum absolute atomic E-state index is 12.4. The Bertz CT molecular complexity index is 1010. The molecular weight excluding hydrogens is 356 g/mol. The highest BCUT2D eigenvalue weighted by atomic mass is 16.5. The van der Waals surface area contributed by atoms with Gasteiger partial charge in [-0.15, -0.1) is 0 Å². The van der Waals surface area contributed by atoms with E-state index in [2.05, 4.69) is 20.2 Å². The molecular formula is C21H24N4O3. The van der Waals surface area contributed by atoms with Gasteiger partial charge in [0.25, 0.3) is 5.56 Å². The molecule has 0 spiro atoms. The molecule has 4 rings (SSSR count). The topological polar surface area (TPSA) is 79.5 Å². The molecule has 2 heterocycles. The van der Waals surface area contributed by atoms with Gasteiger partial charge in [-0.25, -0.2) is 4.98 Å². The van der Waals surface area contributed by atoms with Crippen LogP contribution in [-0.2, 0) is 0 Å². The number of hydrogen-bond acceptors (Lipinski definition) is 6. The fourth-order valence-electron chi connectivity index (χ4n) is 3.64. The van der Waals surface area contributed by atoms with Crippen LogP contribution in [0.1, 0.15) is 12.8 Å². The first-order valence-corrected chi connectivity index (χ1v) is 9.40. The number of piperidine rings is 1. The monoisotopic (exact) mass is 380 g/mol. The van der Waals surface area contributed by atoms with Gasteiger partial charge in [0, 0.05) is 43.0 Å². The smallest absolute Gasteiger partial charge is 0.260 e. The maximum Gasteiger partial charge on any atom is 0.260 e. The lowest BCUT2D eigenvalue weighted by atomic mass is 10.1. The van der Waals surface area contributed by atoms with Crippen LogP contribution in [0.25, 0.3) is 10.9 Å². The summed E-state index contributed by atoms with van der Waals surface area (Å²) in [6.07, 6.45) is 2.04. The van der Waals surface area contributed by atoms with Gasteiger partial charge in [0.05, 0.1) is 25.1 Å². The summed E-state index contributed by atoms with van der Waals surface area (Å²) in [5.41, 5.74) is 1.56. The normalized spacial score (nSPS) is 16.8. The quantitative estimate of drug-likeness (QED) is 0.708. The zero-order valence-electron chi connectivity index (χ0n) is 16.1. The molecule has 1 aliphatic rings. The summed E-state index contributed by atoms with van der Waals surface area (Å²) in [5, 5.41) is 4.17. The number of hydrogen-bond donors (Lipinski definition) is 2. The van der Waals surface area contributed by atoms with Crippen LogP contribution >= 0.6 is 0 Å². The molecule has 0 bridgehead atoms. The lowest BCUT2D eigenvalue weighted by molar-refractivity contribution is 0.394. The van der Waals surface area contributed by atoms with Crippen molar-refractivity contribution < 1.29 is 9.47 Å². The van der Waals surface area contributed by atoms with Gasteiger partial charge >= 0.3 is 0 Å². The van der Waals surface area contributed by atoms with Crippen molar-refractivity contribution >= 4 is 22.5 Å². The van der Waals surface area contributed by atoms with E-state index in [1.807, 2.05) is 36.4 Å². The number of ether oxygens (including phenoxy) is 2. The number of rotatable bonds is 5. The second-order valence-electron chi connectivity index (χ2n) is 6.94. The number of aromatic amines is 1. The van der Waals surface area contributed by atoms with Gasteiger partial charge in [-0.05, 0) is 25.0 Å². The van der Waals surface area contributed by atoms with E-state index < -0.39 is 0 Å². The molecule has 0 aliphatic carbocycles. The Balaban J connectivity index is 1.54. The molecule has 7 heteroatoms. The zero-order valence-corrected chi connectivity index (χ0v) is 16.1. The summed E-state index contributed by atoms with van der Waals surface area (Å²) in [6, 6.07) is 13.4. The molecule has 1 fully saturated rings. The van der Waals surface area contributed by atoms with Crippen molar-refractivity contribution in [3.63, 3.8) is 0 Å². The van der Waals surface area contributed by atoms with Gasteiger partial charge in [-0.2, -0.15) is 0 Å². The Morgan fingerprint density at radius 2 is 1.89 bits per heavy atom. The van der Waals surface area contributed by atoms with Crippen molar-refractivity contribution in [3.05, 3.63) is 52.8 Å². The number of methoxy groups -OCH3 is 2. The first kappa shape index (κ1) is 18.2. The molecule has 0 radical (unpaired) electrons. The first-order valence-electron chi connectivity index (χ1n) is 9.40. The number of fused-ring (bicyclic) bond motifs is 1. The van der Waals surface area contributed by atoms with Gasteiger partial charge in [0.15, 0.2) is 0 Å². The minimum atomic E-state index is -0.104. The fourth-order valence-corrected chi connectivity index (χ4v) is 3.64. The van der Waals surface area contributed by atoms with E-state index in [9.17, 15) is 4.79 Å². The second kappa shape index (κ2) is 7.80. The standard InChI is InChI=1S/C21H24N4O3/c1-27-16-10-15(11-17(12-16)28-2)22-14-6-5-9-25(13-14)21-23-19-8-4-3-7-18(19)20(26)24-21/h3-4,7-8,10-12,14,22H,5-6,9,13H2,1-2H3,(H,23,24,26). The van der Waals surface area contributed by atoms with E-state index in [-0.39, 0.29) is 11.6 Å². The van der Waals surface area contributed by atoms with Gasteiger partial charge < -0.3 is 19.7 Å². The minimum absolute atomic E-state index is 0.104. The Hall–Kier alpha value is -3.22. The molecule has 7 nitrogen and oxygen atoms in total. The van der Waals surface area contributed by atoms with E-state index in [1.54, 1.807) is 20.3 Å². The third-order valence-electron chi connectivity index (χ3n) is 5.04. The summed E-state index contributed by atoms with van der Waals surface area (Å²) >= 11 is 0. The van der Waals surface area contributed by atoms with Crippen molar-refractivity contribution in [1.29, 1.82) is 0 Å². The largest absolute Gasteiger partial charge is 0.497 e. The molecule has 1 atom stereocenters. The highest BCUT2D eigenvalue weighted by Crippen LogP contribution is 2.27. The molecule has 28 heavy (non-hydrogen) atoms. The number of anilines is 2. The van der Waals surface area contributed by atoms with E-state index in [0.29, 0.717) is 16.9 Å². The minimum Gasteiger partial charge on any atom is -0.497 e. The van der Waals surface area contributed by atoms with Crippen LogP contribution < -0.4 is 25.2 Å². The second-order valence-corrected chi connectivity index (χ2v) is 6.94. The lowest BCUT2D eigenvalue weighted by Gasteiger charge is -2.34. The number of nitrogens with zero attached hydrogens (tertiary/aromatic N) is 2. The molecule has 1 unspecified atom stereocenters. The van der Waals surface area contributed by atoms with E-state index >= 15 is 0 Å². The fraction of sp³-hybridized carbons (Fsp3) is 0.333. The van der Waals surface area contributed by atoms with Crippen LogP contribution in [0.3, 0.4) is 0 Å². The molecule has 2 N–H and O–H groups in total.